The summed E-state index contributed by atoms with van der Waals surface area (Å²) in [5.41, 5.74) is 16.3. The average Bonchev–Trinajstić information content (AvgIpc) is 3.40. The van der Waals surface area contributed by atoms with Gasteiger partial charge in [-0.15, -0.1) is 0 Å². The quantitative estimate of drug-likeness (QED) is 0.189. The highest BCUT2D eigenvalue weighted by Crippen LogP contribution is 2.71. The second-order valence-corrected chi connectivity index (χ2v) is 17.6. The van der Waals surface area contributed by atoms with Gasteiger partial charge in [0.05, 0.1) is 5.69 Å². The summed E-state index contributed by atoms with van der Waals surface area (Å²) in [6.07, 6.45) is 9.43. The molecule has 0 heterocycles. The molecule has 5 aromatic rings. The number of hydrogen-bond donors (Lipinski definition) is 0. The Labute approximate surface area is 293 Å². The molecule has 6 aliphatic rings. The van der Waals surface area contributed by atoms with E-state index >= 15 is 0 Å². The molecule has 0 saturated heterocycles. The third-order valence-electron chi connectivity index (χ3n) is 14.1. The van der Waals surface area contributed by atoms with Crippen LogP contribution in [-0.2, 0) is 16.2 Å². The van der Waals surface area contributed by atoms with Crippen LogP contribution < -0.4 is 4.90 Å². The van der Waals surface area contributed by atoms with Crippen LogP contribution in [0.2, 0.25) is 0 Å². The van der Waals surface area contributed by atoms with Crippen molar-refractivity contribution in [3.05, 3.63) is 138 Å². The van der Waals surface area contributed by atoms with E-state index in [1.165, 1.54) is 95.4 Å². The van der Waals surface area contributed by atoms with Gasteiger partial charge in [-0.2, -0.15) is 0 Å². The molecule has 1 heteroatoms. The van der Waals surface area contributed by atoms with Gasteiger partial charge in [0.2, 0.25) is 0 Å². The number of fused-ring (bicyclic) bond motifs is 4. The first-order valence-electron chi connectivity index (χ1n) is 19.1. The zero-order valence-corrected chi connectivity index (χ0v) is 29.7. The molecule has 4 saturated carbocycles. The van der Waals surface area contributed by atoms with Crippen molar-refractivity contribution in [2.45, 2.75) is 88.9 Å². The van der Waals surface area contributed by atoms with E-state index < -0.39 is 0 Å². The van der Waals surface area contributed by atoms with Crippen molar-refractivity contribution in [3.8, 4) is 22.3 Å². The second-order valence-electron chi connectivity index (χ2n) is 17.6. The van der Waals surface area contributed by atoms with Crippen molar-refractivity contribution < 1.29 is 0 Å². The minimum Gasteiger partial charge on any atom is -0.310 e. The summed E-state index contributed by atoms with van der Waals surface area (Å²) >= 11 is 0. The molecule has 0 atom stereocenters. The molecule has 6 aliphatic carbocycles. The van der Waals surface area contributed by atoms with E-state index in [1.54, 1.807) is 11.1 Å². The molecule has 0 amide bonds. The van der Waals surface area contributed by atoms with E-state index in [-0.39, 0.29) is 16.2 Å². The molecule has 0 N–H and O–H groups in total. The van der Waals surface area contributed by atoms with Crippen molar-refractivity contribution in [1.82, 2.24) is 0 Å². The van der Waals surface area contributed by atoms with Crippen LogP contribution in [0, 0.1) is 23.7 Å². The molecule has 5 aromatic carbocycles. The third kappa shape index (κ3) is 4.17. The predicted molar refractivity (Wildman–Crippen MR) is 205 cm³/mol. The Balaban J connectivity index is 1.24. The molecule has 49 heavy (non-hydrogen) atoms. The van der Waals surface area contributed by atoms with E-state index in [0.717, 1.165) is 11.8 Å². The summed E-state index contributed by atoms with van der Waals surface area (Å²) in [4.78, 5) is 2.62. The summed E-state index contributed by atoms with van der Waals surface area (Å²) in [5.74, 6) is 3.24. The molecule has 4 fully saturated rings. The number of hydrogen-bond acceptors (Lipinski definition) is 1. The van der Waals surface area contributed by atoms with Crippen molar-refractivity contribution in [2.75, 3.05) is 4.90 Å². The van der Waals surface area contributed by atoms with Crippen LogP contribution in [0.5, 0.6) is 0 Å². The Bertz CT molecular complexity index is 2060. The number of rotatable bonds is 4. The minimum atomic E-state index is 0.0697. The summed E-state index contributed by atoms with van der Waals surface area (Å²) in [6, 6.07) is 44.5. The van der Waals surface area contributed by atoms with Gasteiger partial charge in [-0.05, 0) is 154 Å². The zero-order valence-electron chi connectivity index (χ0n) is 29.7. The van der Waals surface area contributed by atoms with Crippen LogP contribution in [0.3, 0.4) is 0 Å². The Morgan fingerprint density at radius 2 is 1.12 bits per heavy atom. The van der Waals surface area contributed by atoms with Gasteiger partial charge in [0.25, 0.3) is 0 Å². The standard InChI is InChI=1S/C48H49N/c1-46(2)23-24-47(3,4)45-41(46)19-12-20-43(45)49(36-15-9-6-10-16-36)37-21-22-39-40-18-11-17-38(33-13-7-5-8-14-33)44(40)48(42(39)30-37)34-26-31-25-32(28-34)29-35(48)27-31/h5-22,30-32,34-35H,23-29H2,1-4H3. The molecule has 1 spiro atoms. The first-order chi connectivity index (χ1) is 23.8. The van der Waals surface area contributed by atoms with Crippen LogP contribution in [0.4, 0.5) is 17.1 Å². The van der Waals surface area contributed by atoms with Crippen molar-refractivity contribution in [2.24, 2.45) is 23.7 Å². The fourth-order valence-corrected chi connectivity index (χ4v) is 12.1. The van der Waals surface area contributed by atoms with Gasteiger partial charge >= 0.3 is 0 Å². The number of benzene rings is 5. The zero-order chi connectivity index (χ0) is 33.1. The van der Waals surface area contributed by atoms with Gasteiger partial charge in [-0.25, -0.2) is 0 Å². The highest BCUT2D eigenvalue weighted by Gasteiger charge is 2.62. The van der Waals surface area contributed by atoms with Gasteiger partial charge in [-0.3, -0.25) is 0 Å². The van der Waals surface area contributed by atoms with E-state index in [0.29, 0.717) is 11.8 Å². The van der Waals surface area contributed by atoms with E-state index in [1.807, 2.05) is 0 Å². The van der Waals surface area contributed by atoms with E-state index in [4.69, 9.17) is 0 Å². The lowest BCUT2D eigenvalue weighted by Gasteiger charge is -2.61. The second kappa shape index (κ2) is 10.5. The summed E-state index contributed by atoms with van der Waals surface area (Å²) in [7, 11) is 0. The SMILES string of the molecule is CC1(C)CCC(C)(C)c2c(N(c3ccccc3)c3ccc4c(c3)C3(c5c(-c6ccccc6)cccc5-4)C4CC5CC(C4)CC3C5)cccc21. The van der Waals surface area contributed by atoms with Gasteiger partial charge in [0.1, 0.15) is 0 Å². The van der Waals surface area contributed by atoms with Crippen LogP contribution in [0.25, 0.3) is 22.3 Å². The summed E-state index contributed by atoms with van der Waals surface area (Å²) in [6.45, 7) is 9.85. The van der Waals surface area contributed by atoms with Crippen molar-refractivity contribution >= 4 is 17.1 Å². The van der Waals surface area contributed by atoms with Gasteiger partial charge in [-0.1, -0.05) is 113 Å². The molecule has 0 aromatic heterocycles. The normalized spacial score (nSPS) is 27.8. The van der Waals surface area contributed by atoms with Crippen LogP contribution in [-0.4, -0.2) is 0 Å². The van der Waals surface area contributed by atoms with Crippen LogP contribution in [0.15, 0.2) is 115 Å². The van der Waals surface area contributed by atoms with Gasteiger partial charge in [0, 0.05) is 16.8 Å². The van der Waals surface area contributed by atoms with Crippen molar-refractivity contribution in [1.29, 1.82) is 0 Å². The molecule has 0 unspecified atom stereocenters. The van der Waals surface area contributed by atoms with Crippen LogP contribution in [0.1, 0.15) is 94.9 Å². The first-order valence-corrected chi connectivity index (χ1v) is 19.1. The topological polar surface area (TPSA) is 3.24 Å². The lowest BCUT2D eigenvalue weighted by Crippen LogP contribution is -2.55. The molecule has 1 nitrogen and oxygen atoms in total. The minimum absolute atomic E-state index is 0.0697. The molecule has 4 bridgehead atoms. The van der Waals surface area contributed by atoms with E-state index in [2.05, 4.69) is 148 Å². The van der Waals surface area contributed by atoms with Crippen molar-refractivity contribution in [3.63, 3.8) is 0 Å². The lowest BCUT2D eigenvalue weighted by atomic mass is 9.42. The lowest BCUT2D eigenvalue weighted by molar-refractivity contribution is -0.0397. The average molecular weight is 640 g/mol. The Kier molecular flexibility index (Phi) is 6.36. The summed E-state index contributed by atoms with van der Waals surface area (Å²) < 4.78 is 0. The largest absolute Gasteiger partial charge is 0.310 e. The van der Waals surface area contributed by atoms with Gasteiger partial charge < -0.3 is 4.90 Å². The maximum Gasteiger partial charge on any atom is 0.0502 e. The molecule has 246 valence electrons. The van der Waals surface area contributed by atoms with Crippen LogP contribution >= 0.6 is 0 Å². The number of nitrogens with zero attached hydrogens (tertiary/aromatic N) is 1. The Hall–Kier alpha value is -4.10. The maximum atomic E-state index is 2.68. The Morgan fingerprint density at radius 1 is 0.490 bits per heavy atom. The fourth-order valence-electron chi connectivity index (χ4n) is 12.1. The maximum absolute atomic E-state index is 2.68. The highest BCUT2D eigenvalue weighted by atomic mass is 15.1. The fraction of sp³-hybridized carbons (Fsp3) is 0.375. The monoisotopic (exact) mass is 639 g/mol. The smallest absolute Gasteiger partial charge is 0.0502 e. The van der Waals surface area contributed by atoms with E-state index in [9.17, 15) is 0 Å². The third-order valence-corrected chi connectivity index (χ3v) is 14.1. The number of anilines is 3. The highest BCUT2D eigenvalue weighted by molar-refractivity contribution is 5.91. The molecule has 0 aliphatic heterocycles. The Morgan fingerprint density at radius 3 is 1.84 bits per heavy atom. The summed E-state index contributed by atoms with van der Waals surface area (Å²) in [5, 5.41) is 0. The predicted octanol–water partition coefficient (Wildman–Crippen LogP) is 12.9. The molecular weight excluding hydrogens is 591 g/mol. The molecule has 0 radical (unpaired) electrons. The molecule has 11 rings (SSSR count). The number of para-hydroxylation sites is 1. The first kappa shape index (κ1) is 29.8. The van der Waals surface area contributed by atoms with Gasteiger partial charge in [0.15, 0.2) is 0 Å². The molecular formula is C48H49N.